The van der Waals surface area contributed by atoms with Crippen molar-refractivity contribution >= 4 is 52.0 Å². The van der Waals surface area contributed by atoms with Crippen LogP contribution in [0.5, 0.6) is 0 Å². The van der Waals surface area contributed by atoms with Gasteiger partial charge in [0.25, 0.3) is 5.69 Å². The molecule has 0 saturated carbocycles. The standard InChI is InChI=1S/C21H15N3O5.C21H12O3/c25-19(14-4-2-1-3-5-14)20(26)15-6-8-16(9-7-15)22-21(27)23-17-10-12-18(13-11-17)24(28)29;22-19(13-6-2-1-3-7-13)20(23)14-10-11-16-15-8-4-5-9-17(15)21(24)18(16)12-14/h1-13H,(H2,22,23,27);1-12H. The Balaban J connectivity index is 0.000000184. The van der Waals surface area contributed by atoms with Crippen molar-refractivity contribution in [2.24, 2.45) is 0 Å². The van der Waals surface area contributed by atoms with Crippen molar-refractivity contribution in [3.05, 3.63) is 195 Å². The topological polar surface area (TPSA) is 170 Å². The first kappa shape index (κ1) is 35.2. The monoisotopic (exact) mass is 701 g/mol. The van der Waals surface area contributed by atoms with Crippen LogP contribution in [-0.4, -0.2) is 39.9 Å². The molecule has 0 spiro atoms. The Morgan fingerprint density at radius 1 is 0.434 bits per heavy atom. The van der Waals surface area contributed by atoms with E-state index >= 15 is 0 Å². The van der Waals surface area contributed by atoms with Crippen LogP contribution >= 0.6 is 0 Å². The molecule has 2 amide bonds. The largest absolute Gasteiger partial charge is 0.323 e. The zero-order chi connectivity index (χ0) is 37.5. The van der Waals surface area contributed by atoms with Gasteiger partial charge in [-0.15, -0.1) is 0 Å². The molecule has 1 aliphatic carbocycles. The first-order chi connectivity index (χ1) is 25.6. The number of nitro benzene ring substituents is 1. The number of carbonyl (C=O) groups is 6. The molecule has 2 N–H and O–H groups in total. The molecule has 0 fully saturated rings. The Morgan fingerprint density at radius 2 is 0.830 bits per heavy atom. The lowest BCUT2D eigenvalue weighted by molar-refractivity contribution is -0.384. The lowest BCUT2D eigenvalue weighted by Gasteiger charge is -2.08. The van der Waals surface area contributed by atoms with Crippen LogP contribution in [0.4, 0.5) is 21.9 Å². The van der Waals surface area contributed by atoms with Crippen LogP contribution in [0.15, 0.2) is 152 Å². The number of ketones is 5. The zero-order valence-corrected chi connectivity index (χ0v) is 27.6. The van der Waals surface area contributed by atoms with Gasteiger partial charge < -0.3 is 10.6 Å². The van der Waals surface area contributed by atoms with Crippen LogP contribution in [0.1, 0.15) is 57.4 Å². The molecule has 11 heteroatoms. The first-order valence-corrected chi connectivity index (χ1v) is 16.1. The van der Waals surface area contributed by atoms with Gasteiger partial charge in [0.15, 0.2) is 5.78 Å². The molecule has 0 atom stereocenters. The van der Waals surface area contributed by atoms with E-state index in [1.54, 1.807) is 78.9 Å². The number of nitrogens with one attached hydrogen (secondary N) is 2. The Morgan fingerprint density at radius 3 is 1.34 bits per heavy atom. The molecule has 258 valence electrons. The summed E-state index contributed by atoms with van der Waals surface area (Å²) in [5, 5.41) is 15.7. The van der Waals surface area contributed by atoms with E-state index in [0.29, 0.717) is 33.6 Å². The average molecular weight is 702 g/mol. The molecule has 0 bridgehead atoms. The number of fused-ring (bicyclic) bond motifs is 3. The summed E-state index contributed by atoms with van der Waals surface area (Å²) in [5.74, 6) is -2.53. The third-order valence-corrected chi connectivity index (χ3v) is 8.21. The number of anilines is 2. The molecule has 0 saturated heterocycles. The van der Waals surface area contributed by atoms with E-state index in [4.69, 9.17) is 0 Å². The van der Waals surface area contributed by atoms with Gasteiger partial charge in [0.05, 0.1) is 4.92 Å². The van der Waals surface area contributed by atoms with E-state index in [1.165, 1.54) is 54.6 Å². The number of hydrogen-bond acceptors (Lipinski definition) is 8. The van der Waals surface area contributed by atoms with Crippen LogP contribution in [0.2, 0.25) is 0 Å². The van der Waals surface area contributed by atoms with Crippen molar-refractivity contribution in [1.82, 2.24) is 0 Å². The van der Waals surface area contributed by atoms with Gasteiger partial charge in [-0.1, -0.05) is 97.1 Å². The zero-order valence-electron chi connectivity index (χ0n) is 27.6. The molecule has 1 aliphatic rings. The summed E-state index contributed by atoms with van der Waals surface area (Å²) in [4.78, 5) is 83.9. The van der Waals surface area contributed by atoms with Crippen molar-refractivity contribution in [2.75, 3.05) is 10.6 Å². The normalized spacial score (nSPS) is 10.8. The highest BCUT2D eigenvalue weighted by Gasteiger charge is 2.28. The second-order valence-electron chi connectivity index (χ2n) is 11.6. The number of amides is 2. The van der Waals surface area contributed by atoms with Crippen LogP contribution in [-0.2, 0) is 0 Å². The molecule has 7 rings (SSSR count). The minimum absolute atomic E-state index is 0.0822. The number of urea groups is 1. The number of benzene rings is 6. The van der Waals surface area contributed by atoms with E-state index in [2.05, 4.69) is 10.6 Å². The third-order valence-electron chi connectivity index (χ3n) is 8.21. The minimum Gasteiger partial charge on any atom is -0.308 e. The second kappa shape index (κ2) is 15.5. The second-order valence-corrected chi connectivity index (χ2v) is 11.6. The molecule has 11 nitrogen and oxygen atoms in total. The number of nitrogens with zero attached hydrogens (tertiary/aromatic N) is 1. The number of carbonyl (C=O) groups excluding carboxylic acids is 6. The highest BCUT2D eigenvalue weighted by molar-refractivity contribution is 6.50. The maximum absolute atomic E-state index is 12.5. The fourth-order valence-corrected chi connectivity index (χ4v) is 5.54. The van der Waals surface area contributed by atoms with Crippen LogP contribution in [0, 0.1) is 10.1 Å². The van der Waals surface area contributed by atoms with E-state index in [0.717, 1.165) is 11.1 Å². The molecule has 0 heterocycles. The maximum atomic E-state index is 12.5. The molecule has 6 aromatic rings. The Labute approximate surface area is 302 Å². The number of rotatable bonds is 9. The summed E-state index contributed by atoms with van der Waals surface area (Å²) in [5.41, 5.74) is 4.59. The molecule has 0 unspecified atom stereocenters. The number of non-ortho nitro benzene ring substituents is 1. The Bertz CT molecular complexity index is 2410. The summed E-state index contributed by atoms with van der Waals surface area (Å²) in [6.45, 7) is 0. The summed E-state index contributed by atoms with van der Waals surface area (Å²) in [6.07, 6.45) is 0. The van der Waals surface area contributed by atoms with Gasteiger partial charge in [-0.2, -0.15) is 0 Å². The van der Waals surface area contributed by atoms with E-state index in [9.17, 15) is 38.9 Å². The van der Waals surface area contributed by atoms with Gasteiger partial charge in [0.1, 0.15) is 0 Å². The molecular formula is C42H27N3O8. The van der Waals surface area contributed by atoms with Gasteiger partial charge >= 0.3 is 6.03 Å². The van der Waals surface area contributed by atoms with Gasteiger partial charge in [-0.25, -0.2) is 4.79 Å². The Hall–Kier alpha value is -7.66. The molecule has 0 aliphatic heterocycles. The minimum atomic E-state index is -0.641. The van der Waals surface area contributed by atoms with Crippen LogP contribution in [0.3, 0.4) is 0 Å². The number of hydrogen-bond donors (Lipinski definition) is 2. The van der Waals surface area contributed by atoms with Crippen molar-refractivity contribution in [3.63, 3.8) is 0 Å². The van der Waals surface area contributed by atoms with Crippen molar-refractivity contribution in [2.45, 2.75) is 0 Å². The fourth-order valence-electron chi connectivity index (χ4n) is 5.54. The van der Waals surface area contributed by atoms with Gasteiger partial charge in [-0.05, 0) is 53.6 Å². The summed E-state index contributed by atoms with van der Waals surface area (Å²) < 4.78 is 0. The quantitative estimate of drug-likeness (QED) is 0.0656. The van der Waals surface area contributed by atoms with E-state index < -0.39 is 34.1 Å². The summed E-state index contributed by atoms with van der Waals surface area (Å²) in [7, 11) is 0. The predicted molar refractivity (Wildman–Crippen MR) is 198 cm³/mol. The lowest BCUT2D eigenvalue weighted by Crippen LogP contribution is -2.19. The summed E-state index contributed by atoms with van der Waals surface area (Å²) in [6, 6.07) is 39.6. The van der Waals surface area contributed by atoms with Crippen molar-refractivity contribution in [1.29, 1.82) is 0 Å². The lowest BCUT2D eigenvalue weighted by atomic mass is 9.97. The summed E-state index contributed by atoms with van der Waals surface area (Å²) >= 11 is 0. The average Bonchev–Trinajstić information content (AvgIpc) is 3.48. The molecule has 53 heavy (non-hydrogen) atoms. The first-order valence-electron chi connectivity index (χ1n) is 16.1. The number of nitro groups is 1. The SMILES string of the molecule is O=C(C(=O)c1ccc2c(c1)C(=O)c1ccccc1-2)c1ccccc1.O=C(Nc1ccc(C(=O)C(=O)c2ccccc2)cc1)Nc1ccc([N+](=O)[O-])cc1. The maximum Gasteiger partial charge on any atom is 0.323 e. The van der Waals surface area contributed by atoms with Crippen molar-refractivity contribution in [3.8, 4) is 11.1 Å². The smallest absolute Gasteiger partial charge is 0.308 e. The Kier molecular flexibility index (Phi) is 10.3. The highest BCUT2D eigenvalue weighted by Crippen LogP contribution is 2.37. The van der Waals surface area contributed by atoms with Crippen molar-refractivity contribution < 1.29 is 33.7 Å². The van der Waals surface area contributed by atoms with Crippen LogP contribution < -0.4 is 10.6 Å². The van der Waals surface area contributed by atoms with Gasteiger partial charge in [-0.3, -0.25) is 34.1 Å². The van der Waals surface area contributed by atoms with E-state index in [1.807, 2.05) is 18.2 Å². The van der Waals surface area contributed by atoms with Gasteiger partial charge in [0, 0.05) is 56.9 Å². The van der Waals surface area contributed by atoms with Crippen LogP contribution in [0.25, 0.3) is 11.1 Å². The predicted octanol–water partition coefficient (Wildman–Crippen LogP) is 8.27. The fraction of sp³-hybridized carbons (Fsp3) is 0. The molecule has 0 radical (unpaired) electrons. The molecule has 6 aromatic carbocycles. The molecule has 0 aromatic heterocycles. The van der Waals surface area contributed by atoms with E-state index in [-0.39, 0.29) is 22.6 Å². The highest BCUT2D eigenvalue weighted by atomic mass is 16.6. The number of Topliss-reactive ketones (excluding diaryl/α,β-unsaturated/α-hetero) is 4. The molecular weight excluding hydrogens is 674 g/mol. The third kappa shape index (κ3) is 7.89. The van der Waals surface area contributed by atoms with Gasteiger partial charge in [0.2, 0.25) is 23.1 Å².